The van der Waals surface area contributed by atoms with Crippen LogP contribution in [-0.4, -0.2) is 40.6 Å². The van der Waals surface area contributed by atoms with E-state index in [9.17, 15) is 9.90 Å². The van der Waals surface area contributed by atoms with Crippen molar-refractivity contribution in [3.8, 4) is 11.6 Å². The number of likely N-dealkylation sites (tertiary alicyclic amines) is 1. The van der Waals surface area contributed by atoms with E-state index in [1.54, 1.807) is 18.3 Å². The highest BCUT2D eigenvalue weighted by molar-refractivity contribution is 9.10. The number of aromatic nitrogens is 1. The number of benzene rings is 1. The molecular formula is C20H23BrN2O3. The van der Waals surface area contributed by atoms with Crippen molar-refractivity contribution in [3.05, 3.63) is 52.6 Å². The molecule has 0 atom stereocenters. The zero-order valence-corrected chi connectivity index (χ0v) is 16.4. The third-order valence-electron chi connectivity index (χ3n) is 5.22. The van der Waals surface area contributed by atoms with Crippen LogP contribution in [0.4, 0.5) is 0 Å². The van der Waals surface area contributed by atoms with Crippen molar-refractivity contribution in [2.45, 2.75) is 26.2 Å². The van der Waals surface area contributed by atoms with Gasteiger partial charge in [0, 0.05) is 36.4 Å². The summed E-state index contributed by atoms with van der Waals surface area (Å²) in [4.78, 5) is 18.8. The molecule has 1 N–H and O–H groups in total. The number of nitrogens with zero attached hydrogens (tertiary/aromatic N) is 2. The van der Waals surface area contributed by atoms with Gasteiger partial charge in [-0.3, -0.25) is 4.79 Å². The number of pyridine rings is 1. The second-order valence-corrected chi connectivity index (χ2v) is 7.66. The van der Waals surface area contributed by atoms with E-state index in [1.165, 1.54) is 0 Å². The third-order valence-corrected chi connectivity index (χ3v) is 5.74. The van der Waals surface area contributed by atoms with Crippen molar-refractivity contribution >= 4 is 21.8 Å². The normalized spacial score (nSPS) is 16.3. The van der Waals surface area contributed by atoms with E-state index in [1.807, 2.05) is 29.2 Å². The number of carbonyl (C=O) groups is 1. The van der Waals surface area contributed by atoms with E-state index < -0.39 is 0 Å². The van der Waals surface area contributed by atoms with Crippen LogP contribution in [0, 0.1) is 5.41 Å². The lowest BCUT2D eigenvalue weighted by Crippen LogP contribution is -2.44. The van der Waals surface area contributed by atoms with Gasteiger partial charge < -0.3 is 14.7 Å². The quantitative estimate of drug-likeness (QED) is 0.787. The summed E-state index contributed by atoms with van der Waals surface area (Å²) in [6.45, 7) is 3.63. The molecule has 6 heteroatoms. The van der Waals surface area contributed by atoms with E-state index in [4.69, 9.17) is 4.74 Å². The van der Waals surface area contributed by atoms with Crippen LogP contribution in [0.3, 0.4) is 0 Å². The molecule has 3 rings (SSSR count). The Hall–Kier alpha value is -1.92. The van der Waals surface area contributed by atoms with E-state index in [0.29, 0.717) is 30.3 Å². The lowest BCUT2D eigenvalue weighted by atomic mass is 9.77. The molecule has 2 heterocycles. The Morgan fingerprint density at radius 1 is 1.23 bits per heavy atom. The lowest BCUT2D eigenvalue weighted by Gasteiger charge is -2.40. The molecule has 1 fully saturated rings. The number of rotatable bonds is 5. The number of hydrogen-bond acceptors (Lipinski definition) is 4. The Bertz CT molecular complexity index is 733. The number of halogens is 1. The van der Waals surface area contributed by atoms with E-state index in [-0.39, 0.29) is 17.9 Å². The lowest BCUT2D eigenvalue weighted by molar-refractivity contribution is 0.0338. The van der Waals surface area contributed by atoms with Crippen LogP contribution in [0.5, 0.6) is 11.6 Å². The summed E-state index contributed by atoms with van der Waals surface area (Å²) in [5, 5.41) is 9.62. The predicted molar refractivity (Wildman–Crippen MR) is 103 cm³/mol. The molecule has 0 radical (unpaired) electrons. The fraction of sp³-hybridized carbons (Fsp3) is 0.400. The minimum atomic E-state index is -0.0304. The second-order valence-electron chi connectivity index (χ2n) is 6.74. The Balaban J connectivity index is 1.61. The van der Waals surface area contributed by atoms with Crippen LogP contribution in [0.15, 0.2) is 47.1 Å². The van der Waals surface area contributed by atoms with Crippen molar-refractivity contribution in [3.63, 3.8) is 0 Å². The number of ether oxygens (including phenoxy) is 1. The van der Waals surface area contributed by atoms with E-state index in [0.717, 1.165) is 23.7 Å². The average molecular weight is 419 g/mol. The SMILES string of the molecule is CCC1(CO)CCN(C(=O)c2ccc(Oc3ccc(Br)cc3)nc2)CC1. The number of piperidine rings is 1. The first-order valence-electron chi connectivity index (χ1n) is 8.85. The minimum absolute atomic E-state index is 0.0182. The fourth-order valence-electron chi connectivity index (χ4n) is 3.18. The fourth-order valence-corrected chi connectivity index (χ4v) is 3.45. The maximum Gasteiger partial charge on any atom is 0.255 e. The van der Waals surface area contributed by atoms with Gasteiger partial charge in [-0.25, -0.2) is 4.98 Å². The molecule has 5 nitrogen and oxygen atoms in total. The Morgan fingerprint density at radius 2 is 1.92 bits per heavy atom. The monoisotopic (exact) mass is 418 g/mol. The summed E-state index contributed by atoms with van der Waals surface area (Å²) in [6, 6.07) is 10.9. The van der Waals surface area contributed by atoms with Gasteiger partial charge >= 0.3 is 0 Å². The summed E-state index contributed by atoms with van der Waals surface area (Å²) >= 11 is 3.38. The summed E-state index contributed by atoms with van der Waals surface area (Å²) in [5.74, 6) is 1.12. The van der Waals surface area contributed by atoms with Crippen LogP contribution in [0.25, 0.3) is 0 Å². The van der Waals surface area contributed by atoms with Crippen molar-refractivity contribution < 1.29 is 14.6 Å². The molecule has 138 valence electrons. The first-order chi connectivity index (χ1) is 12.5. The minimum Gasteiger partial charge on any atom is -0.439 e. The summed E-state index contributed by atoms with van der Waals surface area (Å²) < 4.78 is 6.67. The largest absolute Gasteiger partial charge is 0.439 e. The summed E-state index contributed by atoms with van der Waals surface area (Å²) in [5.41, 5.74) is 0.526. The van der Waals surface area contributed by atoms with Crippen molar-refractivity contribution in [1.82, 2.24) is 9.88 Å². The summed E-state index contributed by atoms with van der Waals surface area (Å²) in [7, 11) is 0. The molecule has 2 aromatic rings. The van der Waals surface area contributed by atoms with Crippen molar-refractivity contribution in [2.75, 3.05) is 19.7 Å². The molecule has 0 aliphatic carbocycles. The van der Waals surface area contributed by atoms with Gasteiger partial charge in [-0.2, -0.15) is 0 Å². The topological polar surface area (TPSA) is 62.7 Å². The molecule has 0 spiro atoms. The molecule has 1 aromatic heterocycles. The molecule has 0 unspecified atom stereocenters. The van der Waals surface area contributed by atoms with E-state index >= 15 is 0 Å². The van der Waals surface area contributed by atoms with E-state index in [2.05, 4.69) is 27.8 Å². The Labute approximate surface area is 162 Å². The Morgan fingerprint density at radius 3 is 2.46 bits per heavy atom. The van der Waals surface area contributed by atoms with Crippen LogP contribution in [0.1, 0.15) is 36.5 Å². The first kappa shape index (κ1) is 18.9. The molecule has 1 amide bonds. The highest BCUT2D eigenvalue weighted by Gasteiger charge is 2.34. The van der Waals surface area contributed by atoms with Crippen LogP contribution < -0.4 is 4.74 Å². The maximum absolute atomic E-state index is 12.7. The van der Waals surface area contributed by atoms with Crippen LogP contribution in [0.2, 0.25) is 0 Å². The van der Waals surface area contributed by atoms with Crippen LogP contribution >= 0.6 is 15.9 Å². The van der Waals surface area contributed by atoms with Gasteiger partial charge in [0.15, 0.2) is 0 Å². The highest BCUT2D eigenvalue weighted by atomic mass is 79.9. The zero-order chi connectivity index (χ0) is 18.6. The zero-order valence-electron chi connectivity index (χ0n) is 14.8. The van der Waals surface area contributed by atoms with Gasteiger partial charge in [-0.1, -0.05) is 22.9 Å². The van der Waals surface area contributed by atoms with Crippen molar-refractivity contribution in [1.29, 1.82) is 0 Å². The number of carbonyl (C=O) groups excluding carboxylic acids is 1. The number of hydrogen-bond donors (Lipinski definition) is 1. The summed E-state index contributed by atoms with van der Waals surface area (Å²) in [6.07, 6.45) is 4.17. The molecule has 1 aliphatic heterocycles. The van der Waals surface area contributed by atoms with Gasteiger partial charge in [-0.15, -0.1) is 0 Å². The molecule has 1 saturated heterocycles. The number of aliphatic hydroxyl groups is 1. The predicted octanol–water partition coefficient (Wildman–Crippen LogP) is 4.26. The van der Waals surface area contributed by atoms with Gasteiger partial charge in [0.2, 0.25) is 5.88 Å². The van der Waals surface area contributed by atoms with Gasteiger partial charge in [0.25, 0.3) is 5.91 Å². The second kappa shape index (κ2) is 8.18. The average Bonchev–Trinajstić information content (AvgIpc) is 2.70. The molecule has 1 aromatic carbocycles. The highest BCUT2D eigenvalue weighted by Crippen LogP contribution is 2.34. The molecule has 1 aliphatic rings. The third kappa shape index (κ3) is 4.24. The molecule has 0 bridgehead atoms. The van der Waals surface area contributed by atoms with Gasteiger partial charge in [-0.05, 0) is 55.0 Å². The number of aliphatic hydroxyl groups excluding tert-OH is 1. The van der Waals surface area contributed by atoms with Crippen LogP contribution in [-0.2, 0) is 0 Å². The number of amides is 1. The molecule has 0 saturated carbocycles. The standard InChI is InChI=1S/C20H23BrN2O3/c1-2-20(14-24)9-11-23(12-10-20)19(25)15-3-8-18(22-13-15)26-17-6-4-16(21)5-7-17/h3-8,13,24H,2,9-12,14H2,1H3. The molecular weight excluding hydrogens is 396 g/mol. The van der Waals surface area contributed by atoms with Crippen molar-refractivity contribution in [2.24, 2.45) is 5.41 Å². The molecule has 26 heavy (non-hydrogen) atoms. The van der Waals surface area contributed by atoms with Gasteiger partial charge in [0.1, 0.15) is 5.75 Å². The smallest absolute Gasteiger partial charge is 0.255 e. The van der Waals surface area contributed by atoms with Gasteiger partial charge in [0.05, 0.1) is 5.56 Å². The first-order valence-corrected chi connectivity index (χ1v) is 9.64. The Kier molecular flexibility index (Phi) is 5.94. The maximum atomic E-state index is 12.7.